The molecule has 0 unspecified atom stereocenters. The van der Waals surface area contributed by atoms with Gasteiger partial charge in [0, 0.05) is 32.1 Å². The lowest BCUT2D eigenvalue weighted by Crippen LogP contribution is -2.63. The number of carbonyl (C=O) groups excluding carboxylic acids is 2. The van der Waals surface area contributed by atoms with E-state index >= 15 is 0 Å². The number of halogens is 4. The van der Waals surface area contributed by atoms with Gasteiger partial charge in [-0.2, -0.15) is 0 Å². The molecule has 158 valence electrons. The number of amides is 3. The van der Waals surface area contributed by atoms with Crippen LogP contribution in [0.3, 0.4) is 0 Å². The van der Waals surface area contributed by atoms with Crippen LogP contribution in [0.1, 0.15) is 17.9 Å². The molecule has 1 aromatic rings. The van der Waals surface area contributed by atoms with Crippen LogP contribution in [0.5, 0.6) is 5.75 Å². The maximum atomic E-state index is 12.7. The third-order valence-corrected chi connectivity index (χ3v) is 5.70. The highest BCUT2D eigenvalue weighted by molar-refractivity contribution is 6.32. The number of hydrogen-bond donors (Lipinski definition) is 1. The minimum atomic E-state index is -4.80. The second-order valence-corrected chi connectivity index (χ2v) is 7.79. The van der Waals surface area contributed by atoms with E-state index in [0.29, 0.717) is 32.6 Å². The molecule has 4 rings (SSSR count). The number of fused-ring (bicyclic) bond motifs is 1. The Hall–Kier alpha value is -2.20. The average Bonchev–Trinajstić information content (AvgIpc) is 2.61. The smallest absolute Gasteiger partial charge is 0.404 e. The monoisotopic (exact) mass is 433 g/mol. The van der Waals surface area contributed by atoms with E-state index in [1.807, 2.05) is 0 Å². The highest BCUT2D eigenvalue weighted by Crippen LogP contribution is 2.35. The summed E-state index contributed by atoms with van der Waals surface area (Å²) < 4.78 is 46.4. The number of morpholine rings is 1. The maximum Gasteiger partial charge on any atom is 0.573 e. The number of ether oxygens (including phenoxy) is 2. The standard InChI is InChI=1S/C18H19ClF3N3O4/c19-12-5-10(1-2-14(12)29-18(20,21)22)11-6-25(7-11)17(27)24-4-3-15-13(8-24)23-16(26)9-28-15/h1-2,5,11,13,15H,3-4,6-9H2,(H,23,26)/t13-,15+/m1/s1. The molecule has 3 aliphatic rings. The van der Waals surface area contributed by atoms with E-state index in [9.17, 15) is 22.8 Å². The van der Waals surface area contributed by atoms with Crippen LogP contribution in [0, 0.1) is 0 Å². The first kappa shape index (κ1) is 20.1. The zero-order valence-corrected chi connectivity index (χ0v) is 16.0. The summed E-state index contributed by atoms with van der Waals surface area (Å²) in [5.74, 6) is -0.638. The van der Waals surface area contributed by atoms with Crippen LogP contribution < -0.4 is 10.1 Å². The van der Waals surface area contributed by atoms with Crippen LogP contribution in [-0.2, 0) is 9.53 Å². The molecule has 3 saturated heterocycles. The molecule has 0 aliphatic carbocycles. The van der Waals surface area contributed by atoms with E-state index in [4.69, 9.17) is 16.3 Å². The Kier molecular flexibility index (Phi) is 5.24. The van der Waals surface area contributed by atoms with E-state index < -0.39 is 12.1 Å². The summed E-state index contributed by atoms with van der Waals surface area (Å²) in [6.45, 7) is 1.89. The van der Waals surface area contributed by atoms with Crippen molar-refractivity contribution in [3.63, 3.8) is 0 Å². The molecule has 1 aromatic carbocycles. The minimum Gasteiger partial charge on any atom is -0.404 e. The number of rotatable bonds is 2. The SMILES string of the molecule is O=C1CO[C@H]2CCN(C(=O)N3CC(c4ccc(OC(F)(F)F)c(Cl)c4)C3)C[C@H]2N1. The van der Waals surface area contributed by atoms with Gasteiger partial charge in [-0.3, -0.25) is 4.79 Å². The highest BCUT2D eigenvalue weighted by atomic mass is 35.5. The number of nitrogens with zero attached hydrogens (tertiary/aromatic N) is 2. The number of alkyl halides is 3. The fourth-order valence-corrected chi connectivity index (χ4v) is 4.13. The van der Waals surface area contributed by atoms with Crippen molar-refractivity contribution in [1.29, 1.82) is 0 Å². The van der Waals surface area contributed by atoms with Crippen molar-refractivity contribution >= 4 is 23.5 Å². The van der Waals surface area contributed by atoms with Gasteiger partial charge in [0.1, 0.15) is 12.4 Å². The molecule has 0 saturated carbocycles. The average molecular weight is 434 g/mol. The van der Waals surface area contributed by atoms with Gasteiger partial charge >= 0.3 is 12.4 Å². The third kappa shape index (κ3) is 4.37. The molecule has 3 fully saturated rings. The number of nitrogens with one attached hydrogen (secondary N) is 1. The molecule has 3 amide bonds. The lowest BCUT2D eigenvalue weighted by Gasteiger charge is -2.46. The predicted octanol–water partition coefficient (Wildman–Crippen LogP) is 2.35. The fraction of sp³-hybridized carbons (Fsp3) is 0.556. The van der Waals surface area contributed by atoms with Gasteiger partial charge in [-0.1, -0.05) is 17.7 Å². The number of likely N-dealkylation sites (tertiary alicyclic amines) is 2. The zero-order valence-electron chi connectivity index (χ0n) is 15.2. The van der Waals surface area contributed by atoms with Crippen molar-refractivity contribution in [2.75, 3.05) is 32.8 Å². The number of hydrogen-bond acceptors (Lipinski definition) is 4. The van der Waals surface area contributed by atoms with Crippen LogP contribution in [0.15, 0.2) is 18.2 Å². The van der Waals surface area contributed by atoms with Crippen molar-refractivity contribution in [3.8, 4) is 5.75 Å². The Labute approximate surface area is 169 Å². The van der Waals surface area contributed by atoms with Crippen LogP contribution in [0.4, 0.5) is 18.0 Å². The molecule has 0 spiro atoms. The maximum absolute atomic E-state index is 12.7. The first-order valence-corrected chi connectivity index (χ1v) is 9.57. The summed E-state index contributed by atoms with van der Waals surface area (Å²) in [5, 5.41) is 2.73. The van der Waals surface area contributed by atoms with Crippen LogP contribution in [0.25, 0.3) is 0 Å². The largest absolute Gasteiger partial charge is 0.573 e. The van der Waals surface area contributed by atoms with Gasteiger partial charge in [-0.05, 0) is 24.1 Å². The highest BCUT2D eigenvalue weighted by Gasteiger charge is 2.40. The third-order valence-electron chi connectivity index (χ3n) is 5.40. The van der Waals surface area contributed by atoms with Gasteiger partial charge in [0.25, 0.3) is 0 Å². The van der Waals surface area contributed by atoms with Gasteiger partial charge in [0.05, 0.1) is 17.2 Å². The van der Waals surface area contributed by atoms with Gasteiger partial charge in [-0.15, -0.1) is 13.2 Å². The van der Waals surface area contributed by atoms with Crippen LogP contribution >= 0.6 is 11.6 Å². The van der Waals surface area contributed by atoms with Crippen molar-refractivity contribution in [3.05, 3.63) is 28.8 Å². The van der Waals surface area contributed by atoms with Gasteiger partial charge in [0.15, 0.2) is 0 Å². The van der Waals surface area contributed by atoms with Crippen molar-refractivity contribution in [1.82, 2.24) is 15.1 Å². The fourth-order valence-electron chi connectivity index (χ4n) is 3.90. The van der Waals surface area contributed by atoms with Gasteiger partial charge < -0.3 is 24.6 Å². The normalized spacial score (nSPS) is 25.2. The quantitative estimate of drug-likeness (QED) is 0.777. The van der Waals surface area contributed by atoms with E-state index in [-0.39, 0.29) is 41.6 Å². The van der Waals surface area contributed by atoms with Gasteiger partial charge in [-0.25, -0.2) is 4.79 Å². The molecular weight excluding hydrogens is 415 g/mol. The molecule has 0 aromatic heterocycles. The van der Waals surface area contributed by atoms with E-state index in [1.54, 1.807) is 9.80 Å². The number of carbonyl (C=O) groups is 2. The summed E-state index contributed by atoms with van der Waals surface area (Å²) in [5.41, 5.74) is 0.750. The summed E-state index contributed by atoms with van der Waals surface area (Å²) >= 11 is 5.90. The van der Waals surface area contributed by atoms with Crippen LogP contribution in [0.2, 0.25) is 5.02 Å². The Morgan fingerprint density at radius 3 is 2.69 bits per heavy atom. The Morgan fingerprint density at radius 1 is 1.24 bits per heavy atom. The summed E-state index contributed by atoms with van der Waals surface area (Å²) in [7, 11) is 0. The number of piperidine rings is 1. The molecular formula is C18H19ClF3N3O4. The molecule has 3 heterocycles. The Bertz CT molecular complexity index is 816. The zero-order chi connectivity index (χ0) is 20.8. The summed E-state index contributed by atoms with van der Waals surface area (Å²) in [6, 6.07) is 3.83. The molecule has 0 radical (unpaired) electrons. The van der Waals surface area contributed by atoms with E-state index in [1.165, 1.54) is 18.2 Å². The lowest BCUT2D eigenvalue weighted by molar-refractivity contribution is -0.274. The van der Waals surface area contributed by atoms with Crippen LogP contribution in [-0.4, -0.2) is 73.0 Å². The van der Waals surface area contributed by atoms with Gasteiger partial charge in [0.2, 0.25) is 5.91 Å². The molecule has 11 heteroatoms. The first-order valence-electron chi connectivity index (χ1n) is 9.19. The van der Waals surface area contributed by atoms with Crippen molar-refractivity contribution in [2.24, 2.45) is 0 Å². The molecule has 29 heavy (non-hydrogen) atoms. The van der Waals surface area contributed by atoms with E-state index in [2.05, 4.69) is 10.1 Å². The molecule has 0 bridgehead atoms. The number of benzene rings is 1. The summed E-state index contributed by atoms with van der Waals surface area (Å²) in [4.78, 5) is 27.6. The van der Waals surface area contributed by atoms with E-state index in [0.717, 1.165) is 5.56 Å². The molecule has 3 aliphatic heterocycles. The lowest BCUT2D eigenvalue weighted by atomic mass is 9.91. The topological polar surface area (TPSA) is 71.1 Å². The number of urea groups is 1. The second-order valence-electron chi connectivity index (χ2n) is 7.38. The Balaban J connectivity index is 1.32. The molecule has 7 nitrogen and oxygen atoms in total. The second kappa shape index (κ2) is 7.56. The molecule has 1 N–H and O–H groups in total. The predicted molar refractivity (Wildman–Crippen MR) is 95.7 cm³/mol. The van der Waals surface area contributed by atoms with Crippen molar-refractivity contribution < 1.29 is 32.2 Å². The molecule has 2 atom stereocenters. The minimum absolute atomic E-state index is 0.00774. The Morgan fingerprint density at radius 2 is 2.00 bits per heavy atom. The van der Waals surface area contributed by atoms with Crippen molar-refractivity contribution in [2.45, 2.75) is 30.8 Å². The first-order chi connectivity index (χ1) is 13.7. The summed E-state index contributed by atoms with van der Waals surface area (Å²) in [6.07, 6.45) is -4.22.